The fourth-order valence-corrected chi connectivity index (χ4v) is 3.57. The Morgan fingerprint density at radius 2 is 1.95 bits per heavy atom. The van der Waals surface area contributed by atoms with Gasteiger partial charge < -0.3 is 10.6 Å². The quantitative estimate of drug-likeness (QED) is 0.792. The molecule has 0 spiro atoms. The third-order valence-electron chi connectivity index (χ3n) is 4.99. The molecular formula is C16H22N2O2. The Bertz CT molecular complexity index is 499. The first kappa shape index (κ1) is 13.4. The molecule has 1 heterocycles. The topological polar surface area (TPSA) is 63.4 Å². The number of hydrogen-bond donors (Lipinski definition) is 1. The number of amides is 1. The summed E-state index contributed by atoms with van der Waals surface area (Å²) in [6.07, 6.45) is 9.77. The average Bonchev–Trinajstić information content (AvgIpc) is 3.14. The first-order valence-corrected chi connectivity index (χ1v) is 7.56. The van der Waals surface area contributed by atoms with Gasteiger partial charge in [-0.3, -0.25) is 9.59 Å². The number of primary amides is 1. The Hall–Kier alpha value is -1.58. The van der Waals surface area contributed by atoms with Crippen LogP contribution in [-0.2, 0) is 9.59 Å². The van der Waals surface area contributed by atoms with E-state index in [4.69, 9.17) is 5.73 Å². The maximum Gasteiger partial charge on any atom is 0.235 e. The van der Waals surface area contributed by atoms with Crippen molar-refractivity contribution in [1.29, 1.82) is 0 Å². The number of ketones is 1. The van der Waals surface area contributed by atoms with Gasteiger partial charge in [0.1, 0.15) is 5.41 Å². The number of hydrogen-bond acceptors (Lipinski definition) is 3. The summed E-state index contributed by atoms with van der Waals surface area (Å²) in [5.41, 5.74) is 5.63. The molecule has 0 aromatic carbocycles. The van der Waals surface area contributed by atoms with Crippen molar-refractivity contribution in [1.82, 2.24) is 4.90 Å². The molecule has 2 unspecified atom stereocenters. The van der Waals surface area contributed by atoms with Crippen LogP contribution in [0.25, 0.3) is 0 Å². The molecule has 3 rings (SSSR count). The zero-order valence-electron chi connectivity index (χ0n) is 12.0. The van der Waals surface area contributed by atoms with Crippen LogP contribution in [0.2, 0.25) is 0 Å². The number of rotatable bonds is 4. The highest BCUT2D eigenvalue weighted by molar-refractivity contribution is 6.10. The van der Waals surface area contributed by atoms with E-state index < -0.39 is 11.3 Å². The summed E-state index contributed by atoms with van der Waals surface area (Å²) in [5, 5.41) is 0. The van der Waals surface area contributed by atoms with E-state index in [9.17, 15) is 9.59 Å². The van der Waals surface area contributed by atoms with E-state index in [2.05, 4.69) is 4.90 Å². The molecule has 1 saturated carbocycles. The van der Waals surface area contributed by atoms with Crippen LogP contribution in [0.3, 0.4) is 0 Å². The molecule has 4 nitrogen and oxygen atoms in total. The summed E-state index contributed by atoms with van der Waals surface area (Å²) >= 11 is 0. The van der Waals surface area contributed by atoms with Crippen LogP contribution < -0.4 is 5.73 Å². The fourth-order valence-electron chi connectivity index (χ4n) is 3.57. The predicted molar refractivity (Wildman–Crippen MR) is 76.6 cm³/mol. The molecule has 108 valence electrons. The van der Waals surface area contributed by atoms with Gasteiger partial charge in [0.2, 0.25) is 5.91 Å². The Morgan fingerprint density at radius 1 is 1.30 bits per heavy atom. The zero-order chi connectivity index (χ0) is 14.3. The first-order chi connectivity index (χ1) is 9.57. The molecule has 1 saturated heterocycles. The number of likely N-dealkylation sites (tertiary alicyclic amines) is 1. The lowest BCUT2D eigenvalue weighted by molar-refractivity contribution is -0.140. The summed E-state index contributed by atoms with van der Waals surface area (Å²) in [4.78, 5) is 27.1. The predicted octanol–water partition coefficient (Wildman–Crippen LogP) is 1.62. The SMILES string of the molecule is CC1C(N2CCCC2)=CC=CC1(C(N)=O)C(=O)C1CC1. The lowest BCUT2D eigenvalue weighted by Gasteiger charge is -2.39. The molecule has 4 heteroatoms. The summed E-state index contributed by atoms with van der Waals surface area (Å²) in [5.74, 6) is -0.592. The third kappa shape index (κ3) is 1.89. The zero-order valence-corrected chi connectivity index (χ0v) is 12.0. The maximum atomic E-state index is 12.7. The molecule has 0 aromatic rings. The second-order valence-electron chi connectivity index (χ2n) is 6.24. The van der Waals surface area contributed by atoms with E-state index in [0.29, 0.717) is 0 Å². The molecule has 2 fully saturated rings. The Balaban J connectivity index is 1.95. The van der Waals surface area contributed by atoms with Gasteiger partial charge in [0.25, 0.3) is 0 Å². The van der Waals surface area contributed by atoms with Crippen molar-refractivity contribution in [3.8, 4) is 0 Å². The van der Waals surface area contributed by atoms with E-state index in [1.165, 1.54) is 12.8 Å². The molecule has 20 heavy (non-hydrogen) atoms. The van der Waals surface area contributed by atoms with Crippen LogP contribution in [0.15, 0.2) is 23.9 Å². The molecular weight excluding hydrogens is 252 g/mol. The van der Waals surface area contributed by atoms with Crippen molar-refractivity contribution < 1.29 is 9.59 Å². The van der Waals surface area contributed by atoms with Crippen LogP contribution >= 0.6 is 0 Å². The molecule has 0 bridgehead atoms. The standard InChI is InChI=1S/C16H22N2O2/c1-11-13(18-9-2-3-10-18)5-4-8-16(11,15(17)20)14(19)12-6-7-12/h4-5,8,11-12H,2-3,6-7,9-10H2,1H3,(H2,17,20). The summed E-state index contributed by atoms with van der Waals surface area (Å²) in [6, 6.07) is 0. The lowest BCUT2D eigenvalue weighted by atomic mass is 9.67. The van der Waals surface area contributed by atoms with Crippen LogP contribution in [0.5, 0.6) is 0 Å². The Kier molecular flexibility index (Phi) is 3.19. The minimum atomic E-state index is -1.13. The van der Waals surface area contributed by atoms with Gasteiger partial charge in [-0.2, -0.15) is 0 Å². The fraction of sp³-hybridized carbons (Fsp3) is 0.625. The monoisotopic (exact) mass is 274 g/mol. The van der Waals surface area contributed by atoms with Crippen molar-refractivity contribution in [2.24, 2.45) is 23.0 Å². The molecule has 1 amide bonds. The van der Waals surface area contributed by atoms with Gasteiger partial charge in [-0.05, 0) is 31.8 Å². The maximum absolute atomic E-state index is 12.7. The van der Waals surface area contributed by atoms with Gasteiger partial charge in [0.15, 0.2) is 5.78 Å². The number of Topliss-reactive ketones (excluding diaryl/α,β-unsaturated/α-hetero) is 1. The van der Waals surface area contributed by atoms with Gasteiger partial charge in [0.05, 0.1) is 0 Å². The Labute approximate surface area is 119 Å². The molecule has 2 atom stereocenters. The minimum Gasteiger partial charge on any atom is -0.375 e. The highest BCUT2D eigenvalue weighted by atomic mass is 16.2. The average molecular weight is 274 g/mol. The van der Waals surface area contributed by atoms with Crippen LogP contribution in [0.4, 0.5) is 0 Å². The van der Waals surface area contributed by atoms with Crippen molar-refractivity contribution in [3.05, 3.63) is 23.9 Å². The number of carbonyl (C=O) groups excluding carboxylic acids is 2. The van der Waals surface area contributed by atoms with E-state index in [1.54, 1.807) is 6.08 Å². The van der Waals surface area contributed by atoms with Gasteiger partial charge in [-0.1, -0.05) is 19.1 Å². The largest absolute Gasteiger partial charge is 0.375 e. The van der Waals surface area contributed by atoms with Crippen LogP contribution in [0, 0.1) is 17.3 Å². The van der Waals surface area contributed by atoms with Gasteiger partial charge in [0, 0.05) is 30.6 Å². The molecule has 0 radical (unpaired) electrons. The summed E-state index contributed by atoms with van der Waals surface area (Å²) in [7, 11) is 0. The molecule has 2 N–H and O–H groups in total. The van der Waals surface area contributed by atoms with Crippen LogP contribution in [-0.4, -0.2) is 29.7 Å². The van der Waals surface area contributed by atoms with Gasteiger partial charge in [-0.25, -0.2) is 0 Å². The van der Waals surface area contributed by atoms with Gasteiger partial charge >= 0.3 is 0 Å². The van der Waals surface area contributed by atoms with Crippen molar-refractivity contribution in [2.75, 3.05) is 13.1 Å². The van der Waals surface area contributed by atoms with Crippen molar-refractivity contribution in [3.63, 3.8) is 0 Å². The summed E-state index contributed by atoms with van der Waals surface area (Å²) in [6.45, 7) is 3.99. The lowest BCUT2D eigenvalue weighted by Crippen LogP contribution is -2.51. The highest BCUT2D eigenvalue weighted by Crippen LogP contribution is 2.46. The number of allylic oxidation sites excluding steroid dienone is 3. The van der Waals surface area contributed by atoms with E-state index >= 15 is 0 Å². The van der Waals surface area contributed by atoms with Crippen molar-refractivity contribution >= 4 is 11.7 Å². The van der Waals surface area contributed by atoms with Crippen LogP contribution in [0.1, 0.15) is 32.6 Å². The smallest absolute Gasteiger partial charge is 0.235 e. The molecule has 0 aromatic heterocycles. The van der Waals surface area contributed by atoms with E-state index in [0.717, 1.165) is 31.6 Å². The number of nitrogens with two attached hydrogens (primary N) is 1. The number of nitrogens with zero attached hydrogens (tertiary/aromatic N) is 1. The molecule has 1 aliphatic heterocycles. The second-order valence-corrected chi connectivity index (χ2v) is 6.24. The van der Waals surface area contributed by atoms with E-state index in [-0.39, 0.29) is 17.6 Å². The second kappa shape index (κ2) is 4.76. The minimum absolute atomic E-state index is 0.0264. The summed E-state index contributed by atoms with van der Waals surface area (Å²) < 4.78 is 0. The normalized spacial score (nSPS) is 33.1. The third-order valence-corrected chi connectivity index (χ3v) is 4.99. The number of carbonyl (C=O) groups is 2. The first-order valence-electron chi connectivity index (χ1n) is 7.56. The van der Waals surface area contributed by atoms with Gasteiger partial charge in [-0.15, -0.1) is 0 Å². The molecule has 2 aliphatic carbocycles. The Morgan fingerprint density at radius 3 is 2.50 bits per heavy atom. The van der Waals surface area contributed by atoms with E-state index in [1.807, 2.05) is 19.1 Å². The highest BCUT2D eigenvalue weighted by Gasteiger charge is 2.54. The molecule has 3 aliphatic rings. The van der Waals surface area contributed by atoms with Crippen molar-refractivity contribution in [2.45, 2.75) is 32.6 Å².